The summed E-state index contributed by atoms with van der Waals surface area (Å²) in [5.41, 5.74) is 7.16. The predicted octanol–water partition coefficient (Wildman–Crippen LogP) is 2.72. The first-order valence-corrected chi connectivity index (χ1v) is 5.90. The van der Waals surface area contributed by atoms with Gasteiger partial charge in [-0.05, 0) is 43.7 Å². The number of oxime groups is 1. The zero-order valence-electron chi connectivity index (χ0n) is 11.1. The number of aromatic nitrogens is 1. The van der Waals surface area contributed by atoms with Crippen molar-refractivity contribution in [2.24, 2.45) is 10.9 Å². The van der Waals surface area contributed by atoms with Gasteiger partial charge in [-0.15, -0.1) is 0 Å². The second kappa shape index (κ2) is 5.56. The van der Waals surface area contributed by atoms with Crippen LogP contribution in [0, 0.1) is 19.7 Å². The van der Waals surface area contributed by atoms with Gasteiger partial charge in [-0.25, -0.2) is 9.37 Å². The second-order valence-corrected chi connectivity index (χ2v) is 4.33. The van der Waals surface area contributed by atoms with E-state index in [1.807, 2.05) is 0 Å². The normalized spacial score (nSPS) is 11.4. The molecule has 2 rings (SSSR count). The lowest BCUT2D eigenvalue weighted by molar-refractivity contribution is 0.318. The number of ether oxygens (including phenoxy) is 1. The van der Waals surface area contributed by atoms with Gasteiger partial charge in [0.1, 0.15) is 11.6 Å². The lowest BCUT2D eigenvalue weighted by Gasteiger charge is -2.08. The molecule has 0 unspecified atom stereocenters. The van der Waals surface area contributed by atoms with Gasteiger partial charge in [-0.2, -0.15) is 0 Å². The van der Waals surface area contributed by atoms with Crippen LogP contribution in [0.25, 0.3) is 0 Å². The first-order valence-electron chi connectivity index (χ1n) is 5.90. The van der Waals surface area contributed by atoms with E-state index in [-0.39, 0.29) is 17.5 Å². The van der Waals surface area contributed by atoms with E-state index in [9.17, 15) is 4.39 Å². The molecule has 0 spiro atoms. The zero-order valence-corrected chi connectivity index (χ0v) is 11.1. The van der Waals surface area contributed by atoms with Crippen molar-refractivity contribution in [1.29, 1.82) is 0 Å². The number of halogens is 1. The Morgan fingerprint density at radius 1 is 1.30 bits per heavy atom. The van der Waals surface area contributed by atoms with Gasteiger partial charge in [0.25, 0.3) is 0 Å². The molecule has 1 aromatic carbocycles. The lowest BCUT2D eigenvalue weighted by Crippen LogP contribution is -2.13. The average molecular weight is 275 g/mol. The highest BCUT2D eigenvalue weighted by molar-refractivity contribution is 5.97. The summed E-state index contributed by atoms with van der Waals surface area (Å²) < 4.78 is 18.7. The minimum Gasteiger partial charge on any atom is -0.439 e. The van der Waals surface area contributed by atoms with Crippen molar-refractivity contribution in [2.75, 3.05) is 0 Å². The van der Waals surface area contributed by atoms with Crippen LogP contribution < -0.4 is 10.5 Å². The topological polar surface area (TPSA) is 80.7 Å². The third-order valence-electron chi connectivity index (χ3n) is 2.69. The van der Waals surface area contributed by atoms with Crippen LogP contribution in [-0.4, -0.2) is 16.0 Å². The Bertz CT molecular complexity index is 671. The Morgan fingerprint density at radius 2 is 2.05 bits per heavy atom. The summed E-state index contributed by atoms with van der Waals surface area (Å²) in [7, 11) is 0. The predicted molar refractivity (Wildman–Crippen MR) is 72.7 cm³/mol. The molecule has 20 heavy (non-hydrogen) atoms. The number of amidine groups is 1. The minimum atomic E-state index is -0.299. The third-order valence-corrected chi connectivity index (χ3v) is 2.69. The smallest absolute Gasteiger partial charge is 0.220 e. The van der Waals surface area contributed by atoms with E-state index in [1.54, 1.807) is 32.0 Å². The average Bonchev–Trinajstić information content (AvgIpc) is 2.41. The van der Waals surface area contributed by atoms with Crippen LogP contribution in [0.4, 0.5) is 4.39 Å². The fourth-order valence-electron chi connectivity index (χ4n) is 1.70. The molecule has 104 valence electrons. The van der Waals surface area contributed by atoms with Crippen molar-refractivity contribution in [3.8, 4) is 11.6 Å². The summed E-state index contributed by atoms with van der Waals surface area (Å²) in [5, 5.41) is 11.6. The third kappa shape index (κ3) is 3.03. The maximum absolute atomic E-state index is 13.2. The van der Waals surface area contributed by atoms with Crippen LogP contribution in [0.1, 0.15) is 16.8 Å². The fourth-order valence-corrected chi connectivity index (χ4v) is 1.70. The monoisotopic (exact) mass is 275 g/mol. The van der Waals surface area contributed by atoms with Crippen molar-refractivity contribution in [3.63, 3.8) is 0 Å². The number of pyridine rings is 1. The molecule has 0 aliphatic heterocycles. The number of nitrogens with zero attached hydrogens (tertiary/aromatic N) is 2. The first-order chi connectivity index (χ1) is 9.49. The molecule has 6 heteroatoms. The zero-order chi connectivity index (χ0) is 14.7. The molecule has 0 saturated heterocycles. The molecule has 0 radical (unpaired) electrons. The van der Waals surface area contributed by atoms with Crippen LogP contribution in [0.2, 0.25) is 0 Å². The summed E-state index contributed by atoms with van der Waals surface area (Å²) in [6.07, 6.45) is 0. The van der Waals surface area contributed by atoms with E-state index in [0.29, 0.717) is 22.6 Å². The highest BCUT2D eigenvalue weighted by Crippen LogP contribution is 2.23. The molecule has 5 nitrogen and oxygen atoms in total. The summed E-state index contributed by atoms with van der Waals surface area (Å²) in [6, 6.07) is 7.61. The van der Waals surface area contributed by atoms with E-state index >= 15 is 0 Å². The van der Waals surface area contributed by atoms with Crippen LogP contribution in [0.5, 0.6) is 11.6 Å². The van der Waals surface area contributed by atoms with Gasteiger partial charge < -0.3 is 15.7 Å². The molecule has 0 aliphatic carbocycles. The van der Waals surface area contributed by atoms with E-state index < -0.39 is 0 Å². The fraction of sp³-hybridized carbons (Fsp3) is 0.143. The number of rotatable bonds is 3. The van der Waals surface area contributed by atoms with Crippen molar-refractivity contribution >= 4 is 5.84 Å². The molecule has 0 amide bonds. The summed E-state index contributed by atoms with van der Waals surface area (Å²) in [5.74, 6) is 0.424. The molecule has 0 saturated carbocycles. The molecule has 1 aromatic heterocycles. The van der Waals surface area contributed by atoms with Crippen LogP contribution >= 0.6 is 0 Å². The van der Waals surface area contributed by atoms with E-state index in [1.165, 1.54) is 12.1 Å². The van der Waals surface area contributed by atoms with E-state index in [0.717, 1.165) is 0 Å². The van der Waals surface area contributed by atoms with Gasteiger partial charge in [0.2, 0.25) is 5.88 Å². The van der Waals surface area contributed by atoms with Crippen molar-refractivity contribution in [3.05, 3.63) is 53.0 Å². The second-order valence-electron chi connectivity index (χ2n) is 4.33. The van der Waals surface area contributed by atoms with Crippen molar-refractivity contribution in [1.82, 2.24) is 4.98 Å². The van der Waals surface area contributed by atoms with E-state index in [2.05, 4.69) is 10.1 Å². The van der Waals surface area contributed by atoms with Crippen LogP contribution in [0.15, 0.2) is 35.5 Å². The van der Waals surface area contributed by atoms with Gasteiger partial charge in [0.05, 0.1) is 0 Å². The maximum atomic E-state index is 13.2. The highest BCUT2D eigenvalue weighted by Gasteiger charge is 2.07. The highest BCUT2D eigenvalue weighted by atomic mass is 19.1. The molecule has 0 atom stereocenters. The Hall–Kier alpha value is -2.63. The molecular weight excluding hydrogens is 261 g/mol. The lowest BCUT2D eigenvalue weighted by atomic mass is 10.2. The van der Waals surface area contributed by atoms with Gasteiger partial charge in [-0.1, -0.05) is 5.16 Å². The van der Waals surface area contributed by atoms with Gasteiger partial charge in [0.15, 0.2) is 5.84 Å². The van der Waals surface area contributed by atoms with Gasteiger partial charge in [-0.3, -0.25) is 0 Å². The number of benzene rings is 1. The number of nitrogens with two attached hydrogens (primary N) is 1. The maximum Gasteiger partial charge on any atom is 0.220 e. The molecule has 3 N–H and O–H groups in total. The molecule has 0 fully saturated rings. The number of aryl methyl sites for hydroxylation is 2. The Balaban J connectivity index is 2.33. The van der Waals surface area contributed by atoms with Crippen LogP contribution in [0.3, 0.4) is 0 Å². The summed E-state index contributed by atoms with van der Waals surface area (Å²) in [6.45, 7) is 3.41. The van der Waals surface area contributed by atoms with Crippen molar-refractivity contribution in [2.45, 2.75) is 13.8 Å². The quantitative estimate of drug-likeness (QED) is 0.390. The van der Waals surface area contributed by atoms with Gasteiger partial charge in [0, 0.05) is 17.3 Å². The Labute approximate surface area is 115 Å². The number of hydrogen-bond acceptors (Lipinski definition) is 4. The SMILES string of the molecule is Cc1cc(/C(N)=N/O)cc(Oc2ccc(F)c(C)c2)n1. The standard InChI is InChI=1S/C14H14FN3O2/c1-8-5-11(3-4-12(8)15)20-13-7-10(14(16)18-19)6-9(2)17-13/h3-7,19H,1-2H3,(H2,16,18). The molecule has 1 heterocycles. The van der Waals surface area contributed by atoms with Crippen LogP contribution in [-0.2, 0) is 0 Å². The first kappa shape index (κ1) is 13.8. The Morgan fingerprint density at radius 3 is 2.70 bits per heavy atom. The summed E-state index contributed by atoms with van der Waals surface area (Å²) >= 11 is 0. The molecule has 0 aliphatic rings. The van der Waals surface area contributed by atoms with Gasteiger partial charge >= 0.3 is 0 Å². The van der Waals surface area contributed by atoms with E-state index in [4.69, 9.17) is 15.7 Å². The number of hydrogen-bond donors (Lipinski definition) is 2. The van der Waals surface area contributed by atoms with Crippen molar-refractivity contribution < 1.29 is 14.3 Å². The largest absolute Gasteiger partial charge is 0.439 e. The molecular formula is C14H14FN3O2. The minimum absolute atomic E-state index is 0.0318. The summed E-state index contributed by atoms with van der Waals surface area (Å²) in [4.78, 5) is 4.19. The Kier molecular flexibility index (Phi) is 3.84. The molecule has 0 bridgehead atoms. The molecule has 2 aromatic rings.